The summed E-state index contributed by atoms with van der Waals surface area (Å²) in [6, 6.07) is 0. The Bertz CT molecular complexity index is 465. The molecule has 2 saturated carbocycles. The van der Waals surface area contributed by atoms with Gasteiger partial charge in [-0.05, 0) is 44.4 Å². The van der Waals surface area contributed by atoms with Crippen LogP contribution in [0.1, 0.15) is 38.5 Å². The summed E-state index contributed by atoms with van der Waals surface area (Å²) in [6.45, 7) is 0. The molecule has 19 heavy (non-hydrogen) atoms. The Morgan fingerprint density at radius 2 is 2.11 bits per heavy atom. The lowest BCUT2D eigenvalue weighted by molar-refractivity contribution is -0.152. The molecule has 0 amide bonds. The van der Waals surface area contributed by atoms with Crippen molar-refractivity contribution in [3.63, 3.8) is 0 Å². The Morgan fingerprint density at radius 1 is 1.21 bits per heavy atom. The zero-order valence-corrected chi connectivity index (χ0v) is 10.7. The van der Waals surface area contributed by atoms with Gasteiger partial charge in [0.2, 0.25) is 5.79 Å². The van der Waals surface area contributed by atoms with E-state index in [9.17, 15) is 9.90 Å². The van der Waals surface area contributed by atoms with Crippen LogP contribution in [0, 0.1) is 11.3 Å². The molecule has 5 aliphatic rings. The summed E-state index contributed by atoms with van der Waals surface area (Å²) in [5.74, 6) is -0.706. The van der Waals surface area contributed by atoms with Crippen molar-refractivity contribution >= 4 is 5.97 Å². The van der Waals surface area contributed by atoms with E-state index in [1.54, 1.807) is 0 Å². The fourth-order valence-corrected chi connectivity index (χ4v) is 4.65. The Balaban J connectivity index is 1.38. The second kappa shape index (κ2) is 3.15. The molecule has 0 aromatic rings. The van der Waals surface area contributed by atoms with Crippen molar-refractivity contribution in [2.24, 2.45) is 11.3 Å². The first-order valence-corrected chi connectivity index (χ1v) is 7.38. The van der Waals surface area contributed by atoms with Crippen molar-refractivity contribution in [1.29, 1.82) is 0 Å². The molecular formula is C14H18O5. The van der Waals surface area contributed by atoms with E-state index in [0.29, 0.717) is 24.5 Å². The zero-order valence-electron chi connectivity index (χ0n) is 10.7. The standard InChI is InChI=1S/C14H18O5/c15-12(16)13(4-3-10-14(18-10)11(13)19-14)6-7-1-2-8-9(5-7)17-8/h7-11H,1-6H2,(H,15,16). The van der Waals surface area contributed by atoms with Crippen molar-refractivity contribution in [3.8, 4) is 0 Å². The number of fused-ring (bicyclic) bond motifs is 1. The number of hydrogen-bond acceptors (Lipinski definition) is 4. The summed E-state index contributed by atoms with van der Waals surface area (Å²) < 4.78 is 16.8. The van der Waals surface area contributed by atoms with Gasteiger partial charge in [-0.1, -0.05) is 0 Å². The minimum absolute atomic E-state index is 0.174. The van der Waals surface area contributed by atoms with E-state index in [2.05, 4.69) is 0 Å². The number of ether oxygens (including phenoxy) is 3. The SMILES string of the molecule is O=C(O)C1(CC2CCC3OC3C2)CCC2OC23OC13. The van der Waals surface area contributed by atoms with Crippen molar-refractivity contribution in [2.75, 3.05) is 0 Å². The third kappa shape index (κ3) is 1.33. The molecule has 0 radical (unpaired) electrons. The second-order valence-corrected chi connectivity index (χ2v) is 6.92. The molecular weight excluding hydrogens is 248 g/mol. The zero-order chi connectivity index (χ0) is 12.8. The lowest BCUT2D eigenvalue weighted by atomic mass is 9.67. The molecule has 3 saturated heterocycles. The molecule has 5 heteroatoms. The number of hydrogen-bond donors (Lipinski definition) is 1. The Morgan fingerprint density at radius 3 is 2.89 bits per heavy atom. The number of epoxide rings is 3. The third-order valence-electron chi connectivity index (χ3n) is 5.87. The van der Waals surface area contributed by atoms with Crippen LogP contribution in [-0.4, -0.2) is 41.3 Å². The van der Waals surface area contributed by atoms with Gasteiger partial charge in [0.25, 0.3) is 0 Å². The second-order valence-electron chi connectivity index (χ2n) is 6.92. The van der Waals surface area contributed by atoms with Crippen molar-refractivity contribution < 1.29 is 24.1 Å². The average Bonchev–Trinajstić information content (AvgIpc) is 3.26. The maximum Gasteiger partial charge on any atom is 0.312 e. The van der Waals surface area contributed by atoms with Gasteiger partial charge in [0.1, 0.15) is 12.2 Å². The van der Waals surface area contributed by atoms with Gasteiger partial charge in [-0.25, -0.2) is 0 Å². The quantitative estimate of drug-likeness (QED) is 0.779. The molecule has 0 aromatic carbocycles. The minimum atomic E-state index is -0.709. The molecule has 2 aliphatic carbocycles. The van der Waals surface area contributed by atoms with Crippen LogP contribution in [0.4, 0.5) is 0 Å². The van der Waals surface area contributed by atoms with E-state index >= 15 is 0 Å². The highest BCUT2D eigenvalue weighted by atomic mass is 16.9. The molecule has 104 valence electrons. The van der Waals surface area contributed by atoms with E-state index in [1.807, 2.05) is 0 Å². The largest absolute Gasteiger partial charge is 0.481 e. The van der Waals surface area contributed by atoms with Crippen LogP contribution >= 0.6 is 0 Å². The molecule has 3 aliphatic heterocycles. The molecule has 7 atom stereocenters. The molecule has 1 spiro atoms. The van der Waals surface area contributed by atoms with Gasteiger partial charge in [0.05, 0.1) is 17.6 Å². The van der Waals surface area contributed by atoms with Crippen molar-refractivity contribution in [2.45, 2.75) is 68.7 Å². The van der Waals surface area contributed by atoms with Gasteiger partial charge in [0, 0.05) is 0 Å². The predicted octanol–water partition coefficient (Wildman–Crippen LogP) is 1.30. The highest BCUT2D eigenvalue weighted by Gasteiger charge is 2.85. The first kappa shape index (κ1) is 11.1. The summed E-state index contributed by atoms with van der Waals surface area (Å²) in [4.78, 5) is 11.9. The van der Waals surface area contributed by atoms with Gasteiger partial charge in [-0.3, -0.25) is 4.79 Å². The van der Waals surface area contributed by atoms with Crippen LogP contribution in [0.3, 0.4) is 0 Å². The first-order chi connectivity index (χ1) is 9.14. The normalized spacial score (nSPS) is 60.5. The molecule has 5 nitrogen and oxygen atoms in total. The summed E-state index contributed by atoms with van der Waals surface area (Å²) in [7, 11) is 0. The van der Waals surface area contributed by atoms with Crippen LogP contribution in [0.25, 0.3) is 0 Å². The first-order valence-electron chi connectivity index (χ1n) is 7.38. The molecule has 7 unspecified atom stereocenters. The number of carbonyl (C=O) groups is 1. The van der Waals surface area contributed by atoms with E-state index in [4.69, 9.17) is 14.2 Å². The molecule has 0 bridgehead atoms. The van der Waals surface area contributed by atoms with Crippen LogP contribution in [0.5, 0.6) is 0 Å². The highest BCUT2D eigenvalue weighted by Crippen LogP contribution is 2.69. The lowest BCUT2D eigenvalue weighted by Gasteiger charge is -2.33. The lowest BCUT2D eigenvalue weighted by Crippen LogP contribution is -2.43. The number of carboxylic acids is 1. The molecule has 5 rings (SSSR count). The van der Waals surface area contributed by atoms with Crippen molar-refractivity contribution in [3.05, 3.63) is 0 Å². The molecule has 0 aromatic heterocycles. The smallest absolute Gasteiger partial charge is 0.312 e. The van der Waals surface area contributed by atoms with Gasteiger partial charge < -0.3 is 19.3 Å². The fraction of sp³-hybridized carbons (Fsp3) is 0.929. The Hall–Kier alpha value is -0.650. The average molecular weight is 266 g/mol. The van der Waals surface area contributed by atoms with Crippen LogP contribution in [-0.2, 0) is 19.0 Å². The maximum atomic E-state index is 11.9. The van der Waals surface area contributed by atoms with Crippen LogP contribution < -0.4 is 0 Å². The fourth-order valence-electron chi connectivity index (χ4n) is 4.65. The number of aliphatic carboxylic acids is 1. The summed E-state index contributed by atoms with van der Waals surface area (Å²) in [6.07, 6.45) is 6.35. The van der Waals surface area contributed by atoms with E-state index in [0.717, 1.165) is 32.1 Å². The highest BCUT2D eigenvalue weighted by molar-refractivity contribution is 5.77. The predicted molar refractivity (Wildman–Crippen MR) is 62.4 cm³/mol. The van der Waals surface area contributed by atoms with Crippen molar-refractivity contribution in [1.82, 2.24) is 0 Å². The van der Waals surface area contributed by atoms with Crippen LogP contribution in [0.2, 0.25) is 0 Å². The minimum Gasteiger partial charge on any atom is -0.481 e. The third-order valence-corrected chi connectivity index (χ3v) is 5.87. The molecule has 3 heterocycles. The van der Waals surface area contributed by atoms with Gasteiger partial charge >= 0.3 is 5.97 Å². The molecule has 5 fully saturated rings. The van der Waals surface area contributed by atoms with Gasteiger partial charge in [-0.2, -0.15) is 0 Å². The topological polar surface area (TPSA) is 74.9 Å². The van der Waals surface area contributed by atoms with Crippen LogP contribution in [0.15, 0.2) is 0 Å². The van der Waals surface area contributed by atoms with Gasteiger partial charge in [-0.15, -0.1) is 0 Å². The monoisotopic (exact) mass is 266 g/mol. The summed E-state index contributed by atoms with van der Waals surface area (Å²) in [5.41, 5.74) is -0.709. The number of carboxylic acid groups (broad SMARTS) is 1. The van der Waals surface area contributed by atoms with E-state index < -0.39 is 17.2 Å². The summed E-state index contributed by atoms with van der Waals surface area (Å²) >= 11 is 0. The van der Waals surface area contributed by atoms with Gasteiger partial charge in [0.15, 0.2) is 0 Å². The summed E-state index contributed by atoms with van der Waals surface area (Å²) in [5, 5.41) is 9.76. The Kier molecular flexibility index (Phi) is 1.84. The van der Waals surface area contributed by atoms with E-state index in [1.165, 1.54) is 0 Å². The Labute approximate surface area is 111 Å². The maximum absolute atomic E-state index is 11.9. The number of rotatable bonds is 3. The van der Waals surface area contributed by atoms with E-state index in [-0.39, 0.29) is 12.2 Å². The molecule has 1 N–H and O–H groups in total.